The average molecular weight is 274 g/mol. The lowest BCUT2D eigenvalue weighted by Crippen LogP contribution is -2.33. The van der Waals surface area contributed by atoms with Crippen molar-refractivity contribution in [1.29, 1.82) is 0 Å². The molecular formula is C18H30N2. The lowest BCUT2D eigenvalue weighted by Gasteiger charge is -2.30. The normalized spacial score (nSPS) is 18.1. The highest BCUT2D eigenvalue weighted by molar-refractivity contribution is 5.27. The van der Waals surface area contributed by atoms with Gasteiger partial charge in [0.1, 0.15) is 0 Å². The summed E-state index contributed by atoms with van der Waals surface area (Å²) in [4.78, 5) is 2.46. The van der Waals surface area contributed by atoms with E-state index in [2.05, 4.69) is 50.1 Å². The van der Waals surface area contributed by atoms with E-state index < -0.39 is 0 Å². The van der Waals surface area contributed by atoms with Gasteiger partial charge in [0.15, 0.2) is 0 Å². The Kier molecular flexibility index (Phi) is 5.62. The molecule has 112 valence electrons. The fourth-order valence-electron chi connectivity index (χ4n) is 3.40. The van der Waals surface area contributed by atoms with Crippen LogP contribution in [0.3, 0.4) is 0 Å². The van der Waals surface area contributed by atoms with Crippen LogP contribution in [0.5, 0.6) is 0 Å². The summed E-state index contributed by atoms with van der Waals surface area (Å²) >= 11 is 0. The first-order chi connectivity index (χ1) is 9.61. The van der Waals surface area contributed by atoms with Crippen LogP contribution >= 0.6 is 0 Å². The highest BCUT2D eigenvalue weighted by atomic mass is 15.1. The number of rotatable bonds is 6. The van der Waals surface area contributed by atoms with Crippen molar-refractivity contribution >= 4 is 0 Å². The van der Waals surface area contributed by atoms with E-state index in [1.54, 1.807) is 0 Å². The van der Waals surface area contributed by atoms with Crippen molar-refractivity contribution in [3.63, 3.8) is 0 Å². The quantitative estimate of drug-likeness (QED) is 0.851. The summed E-state index contributed by atoms with van der Waals surface area (Å²) < 4.78 is 0. The number of hydrogen-bond acceptors (Lipinski definition) is 2. The van der Waals surface area contributed by atoms with Gasteiger partial charge in [0, 0.05) is 19.1 Å². The van der Waals surface area contributed by atoms with E-state index in [1.807, 2.05) is 0 Å². The Morgan fingerprint density at radius 1 is 1.10 bits per heavy atom. The van der Waals surface area contributed by atoms with Crippen LogP contribution in [0, 0.1) is 5.92 Å². The molecule has 2 nitrogen and oxygen atoms in total. The summed E-state index contributed by atoms with van der Waals surface area (Å²) in [6, 6.07) is 9.39. The number of benzene rings is 1. The zero-order valence-corrected chi connectivity index (χ0v) is 13.3. The van der Waals surface area contributed by atoms with Gasteiger partial charge in [-0.15, -0.1) is 0 Å². The maximum Gasteiger partial charge on any atom is 0.0467 e. The molecule has 0 spiro atoms. The number of hydrogen-bond donors (Lipinski definition) is 1. The first kappa shape index (κ1) is 15.5. The third-order valence-corrected chi connectivity index (χ3v) is 4.76. The number of nitrogens with zero attached hydrogens (tertiary/aromatic N) is 1. The van der Waals surface area contributed by atoms with Gasteiger partial charge in [-0.05, 0) is 42.9 Å². The van der Waals surface area contributed by atoms with Crippen LogP contribution in [0.2, 0.25) is 0 Å². The van der Waals surface area contributed by atoms with E-state index in [-0.39, 0.29) is 0 Å². The van der Waals surface area contributed by atoms with E-state index in [4.69, 9.17) is 5.73 Å². The molecule has 1 unspecified atom stereocenters. The molecule has 20 heavy (non-hydrogen) atoms. The van der Waals surface area contributed by atoms with Crippen molar-refractivity contribution in [2.24, 2.45) is 11.7 Å². The second-order valence-corrected chi connectivity index (χ2v) is 6.66. The molecule has 1 aromatic rings. The van der Waals surface area contributed by atoms with E-state index >= 15 is 0 Å². The van der Waals surface area contributed by atoms with Crippen molar-refractivity contribution in [3.8, 4) is 0 Å². The Morgan fingerprint density at radius 2 is 1.65 bits per heavy atom. The van der Waals surface area contributed by atoms with Gasteiger partial charge in [0.2, 0.25) is 0 Å². The van der Waals surface area contributed by atoms with Crippen molar-refractivity contribution < 1.29 is 0 Å². The summed E-state index contributed by atoms with van der Waals surface area (Å²) in [6.07, 6.45) is 5.62. The summed E-state index contributed by atoms with van der Waals surface area (Å²) in [5, 5.41) is 0. The van der Waals surface area contributed by atoms with Crippen LogP contribution in [0.25, 0.3) is 0 Å². The smallest absolute Gasteiger partial charge is 0.0467 e. The lowest BCUT2D eigenvalue weighted by molar-refractivity contribution is 0.212. The largest absolute Gasteiger partial charge is 0.329 e. The predicted octanol–water partition coefficient (Wildman–Crippen LogP) is 3.93. The van der Waals surface area contributed by atoms with Gasteiger partial charge in [-0.1, -0.05) is 51.0 Å². The zero-order chi connectivity index (χ0) is 14.5. The molecule has 0 aromatic heterocycles. The van der Waals surface area contributed by atoms with Gasteiger partial charge in [0.25, 0.3) is 0 Å². The predicted molar refractivity (Wildman–Crippen MR) is 86.9 cm³/mol. The minimum atomic E-state index is 0.358. The van der Waals surface area contributed by atoms with Gasteiger partial charge >= 0.3 is 0 Å². The molecule has 1 aliphatic rings. The molecule has 2 rings (SSSR count). The second kappa shape index (κ2) is 7.24. The third-order valence-electron chi connectivity index (χ3n) is 4.76. The minimum Gasteiger partial charge on any atom is -0.329 e. The van der Waals surface area contributed by atoms with E-state index in [0.717, 1.165) is 5.92 Å². The van der Waals surface area contributed by atoms with Gasteiger partial charge in [-0.2, -0.15) is 0 Å². The molecule has 1 atom stereocenters. The Labute approximate surface area is 124 Å². The SMILES string of the molecule is CC(C)c1ccc(C(CN)N(C)CC2CCCC2)cc1. The summed E-state index contributed by atoms with van der Waals surface area (Å²) in [7, 11) is 2.23. The van der Waals surface area contributed by atoms with Gasteiger partial charge in [-0.3, -0.25) is 4.90 Å². The second-order valence-electron chi connectivity index (χ2n) is 6.66. The summed E-state index contributed by atoms with van der Waals surface area (Å²) in [5.41, 5.74) is 8.80. The summed E-state index contributed by atoms with van der Waals surface area (Å²) in [6.45, 7) is 6.36. The third kappa shape index (κ3) is 3.83. The maximum atomic E-state index is 6.04. The monoisotopic (exact) mass is 274 g/mol. The maximum absolute atomic E-state index is 6.04. The van der Waals surface area contributed by atoms with Gasteiger partial charge < -0.3 is 5.73 Å². The molecule has 1 fully saturated rings. The van der Waals surface area contributed by atoms with Gasteiger partial charge in [-0.25, -0.2) is 0 Å². The average Bonchev–Trinajstić information content (AvgIpc) is 2.93. The molecule has 1 aliphatic carbocycles. The van der Waals surface area contributed by atoms with Crippen LogP contribution in [-0.4, -0.2) is 25.0 Å². The van der Waals surface area contributed by atoms with Gasteiger partial charge in [0.05, 0.1) is 0 Å². The topological polar surface area (TPSA) is 29.3 Å². The molecule has 0 radical (unpaired) electrons. The number of likely N-dealkylation sites (N-methyl/N-ethyl adjacent to an activating group) is 1. The molecule has 0 heterocycles. The lowest BCUT2D eigenvalue weighted by atomic mass is 9.98. The Bertz CT molecular complexity index is 390. The number of nitrogens with two attached hydrogens (primary N) is 1. The molecule has 2 N–H and O–H groups in total. The van der Waals surface area contributed by atoms with E-state index in [0.29, 0.717) is 18.5 Å². The fourth-order valence-corrected chi connectivity index (χ4v) is 3.40. The first-order valence-corrected chi connectivity index (χ1v) is 8.12. The molecule has 2 heteroatoms. The van der Waals surface area contributed by atoms with Crippen LogP contribution in [0.15, 0.2) is 24.3 Å². The molecule has 0 saturated heterocycles. The zero-order valence-electron chi connectivity index (χ0n) is 13.3. The molecule has 0 amide bonds. The standard InChI is InChI=1S/C18H30N2/c1-14(2)16-8-10-17(11-9-16)18(12-19)20(3)13-15-6-4-5-7-15/h8-11,14-15,18H,4-7,12-13,19H2,1-3H3. The van der Waals surface area contributed by atoms with Crippen LogP contribution in [-0.2, 0) is 0 Å². The highest BCUT2D eigenvalue weighted by Gasteiger charge is 2.21. The molecule has 1 saturated carbocycles. The fraction of sp³-hybridized carbons (Fsp3) is 0.667. The first-order valence-electron chi connectivity index (χ1n) is 8.12. The van der Waals surface area contributed by atoms with Crippen molar-refractivity contribution in [1.82, 2.24) is 4.90 Å². The highest BCUT2D eigenvalue weighted by Crippen LogP contribution is 2.28. The minimum absolute atomic E-state index is 0.358. The van der Waals surface area contributed by atoms with Crippen molar-refractivity contribution in [3.05, 3.63) is 35.4 Å². The molecule has 0 aliphatic heterocycles. The van der Waals surface area contributed by atoms with E-state index in [9.17, 15) is 0 Å². The van der Waals surface area contributed by atoms with Crippen LogP contribution in [0.4, 0.5) is 0 Å². The Balaban J connectivity index is 2.02. The van der Waals surface area contributed by atoms with Crippen LogP contribution < -0.4 is 5.73 Å². The van der Waals surface area contributed by atoms with Crippen molar-refractivity contribution in [2.75, 3.05) is 20.1 Å². The van der Waals surface area contributed by atoms with E-state index in [1.165, 1.54) is 43.4 Å². The van der Waals surface area contributed by atoms with Crippen molar-refractivity contribution in [2.45, 2.75) is 51.5 Å². The molecule has 0 bridgehead atoms. The molecule has 1 aromatic carbocycles. The Morgan fingerprint density at radius 3 is 2.15 bits per heavy atom. The summed E-state index contributed by atoms with van der Waals surface area (Å²) in [5.74, 6) is 1.47. The van der Waals surface area contributed by atoms with Crippen LogP contribution in [0.1, 0.15) is 62.6 Å². The Hall–Kier alpha value is -0.860. The molecular weight excluding hydrogens is 244 g/mol.